The number of H-pyrrole nitrogens is 1. The van der Waals surface area contributed by atoms with Gasteiger partial charge in [-0.3, -0.25) is 9.59 Å². The molecule has 2 rings (SSSR count). The molecule has 0 fully saturated rings. The number of rotatable bonds is 3. The Bertz CT molecular complexity index is 589. The lowest BCUT2D eigenvalue weighted by atomic mass is 10.2. The third-order valence-electron chi connectivity index (χ3n) is 2.88. The van der Waals surface area contributed by atoms with Crippen molar-refractivity contribution in [2.75, 3.05) is 7.05 Å². The van der Waals surface area contributed by atoms with Crippen LogP contribution in [-0.2, 0) is 0 Å². The molecule has 0 aromatic carbocycles. The van der Waals surface area contributed by atoms with Crippen molar-refractivity contribution in [2.24, 2.45) is 0 Å². The van der Waals surface area contributed by atoms with Gasteiger partial charge in [0.15, 0.2) is 0 Å². The average Bonchev–Trinajstić information content (AvgIpc) is 2.90. The van der Waals surface area contributed by atoms with Gasteiger partial charge in [-0.05, 0) is 24.4 Å². The van der Waals surface area contributed by atoms with Crippen LogP contribution in [0.5, 0.6) is 0 Å². The summed E-state index contributed by atoms with van der Waals surface area (Å²) >= 11 is 1.61. The van der Waals surface area contributed by atoms with Gasteiger partial charge in [0.1, 0.15) is 0 Å². The van der Waals surface area contributed by atoms with E-state index in [1.165, 1.54) is 12.3 Å². The maximum Gasteiger partial charge on any atom is 0.254 e. The molecule has 94 valence electrons. The van der Waals surface area contributed by atoms with E-state index >= 15 is 0 Å². The number of thiophene rings is 1. The third-order valence-corrected chi connectivity index (χ3v) is 3.92. The molecule has 0 saturated heterocycles. The number of pyridine rings is 1. The fraction of sp³-hybridized carbons (Fsp3) is 0.231. The van der Waals surface area contributed by atoms with Crippen LogP contribution >= 0.6 is 11.3 Å². The van der Waals surface area contributed by atoms with Crippen LogP contribution in [0.1, 0.15) is 28.2 Å². The molecule has 0 spiro atoms. The van der Waals surface area contributed by atoms with Gasteiger partial charge in [-0.25, -0.2) is 0 Å². The highest BCUT2D eigenvalue weighted by atomic mass is 32.1. The van der Waals surface area contributed by atoms with E-state index in [4.69, 9.17) is 0 Å². The zero-order valence-electron chi connectivity index (χ0n) is 10.2. The van der Waals surface area contributed by atoms with Crippen LogP contribution < -0.4 is 5.56 Å². The fourth-order valence-electron chi connectivity index (χ4n) is 1.68. The number of carbonyl (C=O) groups excluding carboxylic acids is 1. The first kappa shape index (κ1) is 12.6. The van der Waals surface area contributed by atoms with Crippen molar-refractivity contribution in [2.45, 2.75) is 13.0 Å². The van der Waals surface area contributed by atoms with Gasteiger partial charge in [-0.2, -0.15) is 0 Å². The summed E-state index contributed by atoms with van der Waals surface area (Å²) < 4.78 is 0. The molecule has 1 unspecified atom stereocenters. The van der Waals surface area contributed by atoms with E-state index in [1.54, 1.807) is 29.4 Å². The summed E-state index contributed by atoms with van der Waals surface area (Å²) in [7, 11) is 1.74. The number of hydrogen-bond acceptors (Lipinski definition) is 3. The van der Waals surface area contributed by atoms with E-state index in [0.29, 0.717) is 5.56 Å². The highest BCUT2D eigenvalue weighted by Gasteiger charge is 2.19. The van der Waals surface area contributed by atoms with Gasteiger partial charge < -0.3 is 9.88 Å². The van der Waals surface area contributed by atoms with Crippen molar-refractivity contribution < 1.29 is 4.79 Å². The molecule has 2 heterocycles. The Morgan fingerprint density at radius 1 is 1.44 bits per heavy atom. The van der Waals surface area contributed by atoms with Crippen LogP contribution in [-0.4, -0.2) is 22.8 Å². The predicted molar refractivity (Wildman–Crippen MR) is 71.9 cm³/mol. The maximum absolute atomic E-state index is 12.2. The van der Waals surface area contributed by atoms with Gasteiger partial charge in [-0.15, -0.1) is 11.3 Å². The Kier molecular flexibility index (Phi) is 3.62. The standard InChI is InChI=1S/C13H14N2O2S/c1-9(11-4-3-7-18-11)15(2)13(17)10-5-6-14-12(16)8-10/h3-9H,1-2H3,(H,14,16). The molecule has 1 amide bonds. The summed E-state index contributed by atoms with van der Waals surface area (Å²) in [5.74, 6) is -0.151. The smallest absolute Gasteiger partial charge is 0.254 e. The minimum Gasteiger partial charge on any atom is -0.334 e. The number of aromatic amines is 1. The summed E-state index contributed by atoms with van der Waals surface area (Å²) in [5.41, 5.74) is 0.141. The van der Waals surface area contributed by atoms with E-state index in [2.05, 4.69) is 4.98 Å². The van der Waals surface area contributed by atoms with E-state index in [1.807, 2.05) is 24.4 Å². The molecule has 1 N–H and O–H groups in total. The van der Waals surface area contributed by atoms with Crippen LogP contribution in [0.2, 0.25) is 0 Å². The van der Waals surface area contributed by atoms with Crippen LogP contribution in [0.4, 0.5) is 0 Å². The fourth-order valence-corrected chi connectivity index (χ4v) is 2.50. The van der Waals surface area contributed by atoms with Crippen molar-refractivity contribution in [1.82, 2.24) is 9.88 Å². The van der Waals surface area contributed by atoms with E-state index < -0.39 is 0 Å². The molecule has 0 saturated carbocycles. The van der Waals surface area contributed by atoms with Gasteiger partial charge in [0.2, 0.25) is 5.56 Å². The molecule has 0 aliphatic rings. The van der Waals surface area contributed by atoms with Gasteiger partial charge in [0.05, 0.1) is 6.04 Å². The first-order valence-electron chi connectivity index (χ1n) is 5.59. The summed E-state index contributed by atoms with van der Waals surface area (Å²) in [4.78, 5) is 28.7. The first-order chi connectivity index (χ1) is 8.59. The zero-order valence-corrected chi connectivity index (χ0v) is 11.0. The predicted octanol–water partition coefficient (Wildman–Crippen LogP) is 2.27. The molecule has 0 radical (unpaired) electrons. The molecule has 1 atom stereocenters. The second kappa shape index (κ2) is 5.18. The van der Waals surface area contributed by atoms with Crippen molar-refractivity contribution >= 4 is 17.2 Å². The summed E-state index contributed by atoms with van der Waals surface area (Å²) in [5, 5.41) is 1.98. The van der Waals surface area contributed by atoms with Gasteiger partial charge in [-0.1, -0.05) is 6.07 Å². The number of nitrogens with zero attached hydrogens (tertiary/aromatic N) is 1. The lowest BCUT2D eigenvalue weighted by Crippen LogP contribution is -2.30. The molecule has 4 nitrogen and oxygen atoms in total. The van der Waals surface area contributed by atoms with Crippen LogP contribution in [0.3, 0.4) is 0 Å². The minimum atomic E-state index is -0.266. The van der Waals surface area contributed by atoms with Crippen LogP contribution in [0.25, 0.3) is 0 Å². The van der Waals surface area contributed by atoms with Crippen molar-refractivity contribution in [1.29, 1.82) is 0 Å². The summed E-state index contributed by atoms with van der Waals surface area (Å²) in [6.45, 7) is 1.97. The zero-order chi connectivity index (χ0) is 13.1. The number of amides is 1. The summed E-state index contributed by atoms with van der Waals surface area (Å²) in [6.07, 6.45) is 1.49. The molecule has 0 bridgehead atoms. The largest absolute Gasteiger partial charge is 0.334 e. The Labute approximate surface area is 109 Å². The molecule has 0 aliphatic heterocycles. The quantitative estimate of drug-likeness (QED) is 0.922. The number of nitrogens with one attached hydrogen (secondary N) is 1. The SMILES string of the molecule is CC(c1cccs1)N(C)C(=O)c1cc[nH]c(=O)c1. The highest BCUT2D eigenvalue weighted by molar-refractivity contribution is 7.10. The third kappa shape index (κ3) is 2.51. The van der Waals surface area contributed by atoms with Gasteiger partial charge in [0.25, 0.3) is 5.91 Å². The van der Waals surface area contributed by atoms with Crippen molar-refractivity contribution in [3.8, 4) is 0 Å². The highest BCUT2D eigenvalue weighted by Crippen LogP contribution is 2.24. The monoisotopic (exact) mass is 262 g/mol. The molecule has 5 heteroatoms. The van der Waals surface area contributed by atoms with E-state index in [-0.39, 0.29) is 17.5 Å². The van der Waals surface area contributed by atoms with Crippen molar-refractivity contribution in [3.63, 3.8) is 0 Å². The summed E-state index contributed by atoms with van der Waals surface area (Å²) in [6, 6.07) is 6.89. The lowest BCUT2D eigenvalue weighted by Gasteiger charge is -2.24. The molecular weight excluding hydrogens is 248 g/mol. The normalized spacial score (nSPS) is 12.1. The molecule has 18 heavy (non-hydrogen) atoms. The van der Waals surface area contributed by atoms with Crippen molar-refractivity contribution in [3.05, 3.63) is 56.6 Å². The molecule has 2 aromatic rings. The molecular formula is C13H14N2O2S. The Hall–Kier alpha value is -1.88. The Morgan fingerprint density at radius 2 is 2.22 bits per heavy atom. The van der Waals surface area contributed by atoms with Crippen LogP contribution in [0.15, 0.2) is 40.6 Å². The first-order valence-corrected chi connectivity index (χ1v) is 6.47. The topological polar surface area (TPSA) is 53.2 Å². The molecule has 2 aromatic heterocycles. The second-order valence-corrected chi connectivity index (χ2v) is 5.03. The average molecular weight is 262 g/mol. The number of carbonyl (C=O) groups is 1. The number of aromatic nitrogens is 1. The second-order valence-electron chi connectivity index (χ2n) is 4.05. The minimum absolute atomic E-state index is 0.00297. The maximum atomic E-state index is 12.2. The lowest BCUT2D eigenvalue weighted by molar-refractivity contribution is 0.0744. The van der Waals surface area contributed by atoms with Gasteiger partial charge in [0, 0.05) is 29.8 Å². The molecule has 0 aliphatic carbocycles. The Balaban J connectivity index is 2.21. The van der Waals surface area contributed by atoms with E-state index in [0.717, 1.165) is 4.88 Å². The van der Waals surface area contributed by atoms with Gasteiger partial charge >= 0.3 is 0 Å². The van der Waals surface area contributed by atoms with E-state index in [9.17, 15) is 9.59 Å². The Morgan fingerprint density at radius 3 is 2.83 bits per heavy atom. The number of hydrogen-bond donors (Lipinski definition) is 1. The van der Waals surface area contributed by atoms with Crippen LogP contribution in [0, 0.1) is 0 Å².